The first-order valence-electron chi connectivity index (χ1n) is 8.16. The molecule has 1 aromatic heterocycles. The molecule has 0 radical (unpaired) electrons. The maximum absolute atomic E-state index is 12.1. The highest BCUT2D eigenvalue weighted by Gasteiger charge is 2.40. The predicted octanol–water partition coefficient (Wildman–Crippen LogP) is 2.68. The molecule has 6 heteroatoms. The van der Waals surface area contributed by atoms with E-state index < -0.39 is 10.0 Å². The molecule has 1 saturated carbocycles. The van der Waals surface area contributed by atoms with E-state index in [0.717, 1.165) is 11.7 Å². The minimum atomic E-state index is -3.48. The normalized spacial score (nSPS) is 29.9. The van der Waals surface area contributed by atoms with E-state index in [0.29, 0.717) is 18.6 Å². The molecular formula is C16H26N2O3S. The lowest BCUT2D eigenvalue weighted by Crippen LogP contribution is -2.37. The molecule has 0 bridgehead atoms. The van der Waals surface area contributed by atoms with Gasteiger partial charge in [-0.1, -0.05) is 12.8 Å². The van der Waals surface area contributed by atoms with Crippen molar-refractivity contribution in [2.24, 2.45) is 5.92 Å². The molecule has 1 aliphatic heterocycles. The van der Waals surface area contributed by atoms with Gasteiger partial charge in [-0.3, -0.25) is 4.90 Å². The van der Waals surface area contributed by atoms with Crippen LogP contribution in [0.3, 0.4) is 0 Å². The summed E-state index contributed by atoms with van der Waals surface area (Å²) in [4.78, 5) is 2.51. The van der Waals surface area contributed by atoms with Crippen molar-refractivity contribution in [2.45, 2.75) is 62.7 Å². The molecule has 2 aliphatic rings. The number of nitrogens with zero attached hydrogens (tertiary/aromatic N) is 2. The molecule has 0 N–H and O–H groups in total. The van der Waals surface area contributed by atoms with Crippen LogP contribution < -0.4 is 0 Å². The van der Waals surface area contributed by atoms with Crippen molar-refractivity contribution < 1.29 is 12.8 Å². The molecular weight excluding hydrogens is 300 g/mol. The highest BCUT2D eigenvalue weighted by atomic mass is 32.2. The van der Waals surface area contributed by atoms with E-state index in [1.54, 1.807) is 12.1 Å². The lowest BCUT2D eigenvalue weighted by atomic mass is 9.85. The lowest BCUT2D eigenvalue weighted by molar-refractivity contribution is 0.136. The average Bonchev–Trinajstić information content (AvgIpc) is 3.05. The van der Waals surface area contributed by atoms with Crippen LogP contribution in [0, 0.1) is 5.92 Å². The van der Waals surface area contributed by atoms with Gasteiger partial charge in [0, 0.05) is 26.2 Å². The van der Waals surface area contributed by atoms with Gasteiger partial charge in [0.25, 0.3) is 10.0 Å². The maximum Gasteiger partial charge on any atom is 0.275 e. The van der Waals surface area contributed by atoms with E-state index >= 15 is 0 Å². The average molecular weight is 326 g/mol. The molecule has 0 spiro atoms. The molecule has 3 rings (SSSR count). The predicted molar refractivity (Wildman–Crippen MR) is 84.9 cm³/mol. The van der Waals surface area contributed by atoms with Gasteiger partial charge in [-0.15, -0.1) is 0 Å². The van der Waals surface area contributed by atoms with Gasteiger partial charge in [-0.05, 0) is 44.2 Å². The topological polar surface area (TPSA) is 53.8 Å². The zero-order valence-corrected chi connectivity index (χ0v) is 14.5. The van der Waals surface area contributed by atoms with E-state index in [4.69, 9.17) is 4.42 Å². The largest absolute Gasteiger partial charge is 0.447 e. The molecule has 124 valence electrons. The van der Waals surface area contributed by atoms with Gasteiger partial charge in [-0.2, -0.15) is 0 Å². The molecule has 0 aromatic carbocycles. The minimum absolute atomic E-state index is 0.0412. The molecule has 0 amide bonds. The Labute approximate surface area is 133 Å². The van der Waals surface area contributed by atoms with Crippen LogP contribution in [0.2, 0.25) is 0 Å². The van der Waals surface area contributed by atoms with E-state index in [1.165, 1.54) is 50.5 Å². The molecule has 3 atom stereocenters. The van der Waals surface area contributed by atoms with Gasteiger partial charge in [0.2, 0.25) is 5.09 Å². The van der Waals surface area contributed by atoms with Gasteiger partial charge in [0.1, 0.15) is 5.76 Å². The number of furan rings is 1. The second kappa shape index (κ2) is 5.98. The minimum Gasteiger partial charge on any atom is -0.447 e. The molecule has 2 fully saturated rings. The van der Waals surface area contributed by atoms with Crippen molar-refractivity contribution in [2.75, 3.05) is 14.1 Å². The van der Waals surface area contributed by atoms with Crippen LogP contribution in [-0.4, -0.2) is 43.8 Å². The zero-order valence-electron chi connectivity index (χ0n) is 13.7. The van der Waals surface area contributed by atoms with Gasteiger partial charge in [0.05, 0.1) is 6.54 Å². The molecule has 2 heterocycles. The summed E-state index contributed by atoms with van der Waals surface area (Å²) >= 11 is 0. The van der Waals surface area contributed by atoms with Crippen LogP contribution >= 0.6 is 0 Å². The highest BCUT2D eigenvalue weighted by Crippen LogP contribution is 2.40. The van der Waals surface area contributed by atoms with Crippen LogP contribution in [-0.2, 0) is 16.6 Å². The van der Waals surface area contributed by atoms with Gasteiger partial charge < -0.3 is 4.42 Å². The van der Waals surface area contributed by atoms with Crippen molar-refractivity contribution in [3.63, 3.8) is 0 Å². The van der Waals surface area contributed by atoms with Crippen molar-refractivity contribution in [1.29, 1.82) is 0 Å². The number of likely N-dealkylation sites (tertiary alicyclic amines) is 1. The molecule has 22 heavy (non-hydrogen) atoms. The molecule has 1 saturated heterocycles. The number of fused-ring (bicyclic) bond motifs is 1. The number of hydrogen-bond acceptors (Lipinski definition) is 4. The van der Waals surface area contributed by atoms with E-state index in [-0.39, 0.29) is 5.09 Å². The van der Waals surface area contributed by atoms with Crippen molar-refractivity contribution in [3.8, 4) is 0 Å². The first-order chi connectivity index (χ1) is 10.4. The van der Waals surface area contributed by atoms with Gasteiger partial charge in [0.15, 0.2) is 0 Å². The maximum atomic E-state index is 12.1. The summed E-state index contributed by atoms with van der Waals surface area (Å²) in [5, 5.41) is 0.0412. The standard InChI is InChI=1S/C16H26N2O3S/c1-12-10-13-6-4-5-7-15(13)18(12)11-14-8-9-16(21-14)22(19,20)17(2)3/h8-9,12-13,15H,4-7,10-11H2,1-3H3/t12-,13-,15+/m1/s1. The number of rotatable bonds is 4. The first-order valence-corrected chi connectivity index (χ1v) is 9.60. The molecule has 0 unspecified atom stereocenters. The number of sulfonamides is 1. The van der Waals surface area contributed by atoms with Gasteiger partial charge in [-0.25, -0.2) is 12.7 Å². The Kier molecular flexibility index (Phi) is 4.36. The van der Waals surface area contributed by atoms with Crippen LogP contribution in [0.4, 0.5) is 0 Å². The fourth-order valence-electron chi connectivity index (χ4n) is 4.01. The summed E-state index contributed by atoms with van der Waals surface area (Å²) in [7, 11) is -0.437. The Morgan fingerprint density at radius 2 is 2.00 bits per heavy atom. The first kappa shape index (κ1) is 16.0. The fourth-order valence-corrected chi connectivity index (χ4v) is 4.83. The molecule has 5 nitrogen and oxygen atoms in total. The van der Waals surface area contributed by atoms with Crippen LogP contribution in [0.5, 0.6) is 0 Å². The number of hydrogen-bond donors (Lipinski definition) is 0. The lowest BCUT2D eigenvalue weighted by Gasteiger charge is -2.32. The summed E-state index contributed by atoms with van der Waals surface area (Å²) in [5.41, 5.74) is 0. The van der Waals surface area contributed by atoms with Crippen molar-refractivity contribution >= 4 is 10.0 Å². The van der Waals surface area contributed by atoms with Crippen LogP contribution in [0.1, 0.15) is 44.8 Å². The fraction of sp³-hybridized carbons (Fsp3) is 0.750. The van der Waals surface area contributed by atoms with E-state index in [9.17, 15) is 8.42 Å². The summed E-state index contributed by atoms with van der Waals surface area (Å²) < 4.78 is 31.0. The Morgan fingerprint density at radius 3 is 2.73 bits per heavy atom. The Morgan fingerprint density at radius 1 is 1.27 bits per heavy atom. The summed E-state index contributed by atoms with van der Waals surface area (Å²) in [6.07, 6.45) is 6.52. The van der Waals surface area contributed by atoms with Crippen molar-refractivity contribution in [1.82, 2.24) is 9.21 Å². The second-order valence-corrected chi connectivity index (χ2v) is 8.96. The summed E-state index contributed by atoms with van der Waals surface area (Å²) in [6.45, 7) is 2.99. The summed E-state index contributed by atoms with van der Waals surface area (Å²) in [5.74, 6) is 1.56. The third kappa shape index (κ3) is 2.84. The SMILES string of the molecule is C[C@@H]1C[C@H]2CCCC[C@@H]2N1Cc1ccc(S(=O)(=O)N(C)C)o1. The van der Waals surface area contributed by atoms with E-state index in [1.807, 2.05) is 0 Å². The van der Waals surface area contributed by atoms with Gasteiger partial charge >= 0.3 is 0 Å². The third-order valence-electron chi connectivity index (χ3n) is 5.22. The second-order valence-electron chi connectivity index (χ2n) is 6.88. The Hall–Kier alpha value is -0.850. The zero-order chi connectivity index (χ0) is 15.9. The molecule has 1 aromatic rings. The quantitative estimate of drug-likeness (QED) is 0.853. The van der Waals surface area contributed by atoms with Crippen molar-refractivity contribution in [3.05, 3.63) is 17.9 Å². The molecule has 1 aliphatic carbocycles. The summed E-state index contributed by atoms with van der Waals surface area (Å²) in [6, 6.07) is 4.57. The van der Waals surface area contributed by atoms with Crippen LogP contribution in [0.15, 0.2) is 21.6 Å². The van der Waals surface area contributed by atoms with Crippen LogP contribution in [0.25, 0.3) is 0 Å². The Balaban J connectivity index is 1.75. The highest BCUT2D eigenvalue weighted by molar-refractivity contribution is 7.88. The Bertz CT molecular complexity index is 623. The monoisotopic (exact) mass is 326 g/mol. The van der Waals surface area contributed by atoms with E-state index in [2.05, 4.69) is 11.8 Å². The smallest absolute Gasteiger partial charge is 0.275 e. The third-order valence-corrected chi connectivity index (χ3v) is 6.90.